The fourth-order valence-corrected chi connectivity index (χ4v) is 6.66. The molecule has 0 atom stereocenters. The molecule has 1 saturated heterocycles. The first-order valence-electron chi connectivity index (χ1n) is 11.9. The highest BCUT2D eigenvalue weighted by Crippen LogP contribution is 2.43. The van der Waals surface area contributed by atoms with Crippen molar-refractivity contribution in [3.63, 3.8) is 0 Å². The van der Waals surface area contributed by atoms with Crippen LogP contribution in [0, 0.1) is 0 Å². The van der Waals surface area contributed by atoms with Gasteiger partial charge in [0.15, 0.2) is 33.6 Å². The van der Waals surface area contributed by atoms with Crippen LogP contribution in [0.2, 0.25) is 0 Å². The van der Waals surface area contributed by atoms with Crippen molar-refractivity contribution in [1.29, 1.82) is 0 Å². The highest BCUT2D eigenvalue weighted by Gasteiger charge is 2.26. The fraction of sp³-hybridized carbons (Fsp3) is 0.522. The minimum Gasteiger partial charge on any atom is -0.454 e. The number of nitrogen functional groups attached to an aromatic ring is 1. The molecule has 9 nitrogen and oxygen atoms in total. The first-order valence-corrected chi connectivity index (χ1v) is 13.5. The van der Waals surface area contributed by atoms with E-state index < -0.39 is 0 Å². The summed E-state index contributed by atoms with van der Waals surface area (Å²) in [5, 5.41) is 0.839. The maximum atomic E-state index is 6.15. The van der Waals surface area contributed by atoms with E-state index in [9.17, 15) is 0 Å². The smallest absolute Gasteiger partial charge is 0.231 e. The molecule has 3 aliphatic rings. The average Bonchev–Trinajstić information content (AvgIpc) is 3.59. The van der Waals surface area contributed by atoms with Gasteiger partial charge in [-0.25, -0.2) is 15.0 Å². The van der Waals surface area contributed by atoms with Crippen LogP contribution in [0.1, 0.15) is 25.7 Å². The topological polar surface area (TPSA) is 94.6 Å². The van der Waals surface area contributed by atoms with Crippen LogP contribution >= 0.6 is 27.7 Å². The third-order valence-corrected chi connectivity index (χ3v) is 9.01. The standard InChI is InChI=1S/C23H28BrN7O2S/c24-16-11-17-18(33-14-32-17)12-19(16)34-23-28-20-21(25)26-13-27-22(20)31(23)10-7-29-5-8-30(9-6-29)15-3-1-2-4-15/h11-13,15H,1-10,14H2,(H2,25,26,27). The summed E-state index contributed by atoms with van der Waals surface area (Å²) in [6, 6.07) is 4.73. The Morgan fingerprint density at radius 1 is 1.03 bits per heavy atom. The zero-order valence-corrected chi connectivity index (χ0v) is 21.4. The van der Waals surface area contributed by atoms with Crippen molar-refractivity contribution in [3.05, 3.63) is 22.9 Å². The molecule has 1 aromatic carbocycles. The molecule has 2 aliphatic heterocycles. The summed E-state index contributed by atoms with van der Waals surface area (Å²) < 4.78 is 14.2. The third kappa shape index (κ3) is 4.34. The SMILES string of the molecule is Nc1ncnc2c1nc(Sc1cc3c(cc1Br)OCO3)n2CCN1CCN(C2CCCC2)CC1. The molecule has 0 amide bonds. The van der Waals surface area contributed by atoms with E-state index in [1.807, 2.05) is 12.1 Å². The molecule has 11 heteroatoms. The lowest BCUT2D eigenvalue weighted by Crippen LogP contribution is -2.50. The molecule has 0 spiro atoms. The number of rotatable bonds is 6. The Bertz CT molecular complexity index is 1190. The van der Waals surface area contributed by atoms with Gasteiger partial charge in [-0.05, 0) is 40.9 Å². The van der Waals surface area contributed by atoms with Crippen LogP contribution in [0.25, 0.3) is 11.2 Å². The molecule has 2 N–H and O–H groups in total. The molecular formula is C23H28BrN7O2S. The van der Waals surface area contributed by atoms with E-state index in [0.717, 1.165) is 77.0 Å². The second kappa shape index (κ2) is 9.52. The molecule has 4 heterocycles. The van der Waals surface area contributed by atoms with Crippen LogP contribution < -0.4 is 15.2 Å². The van der Waals surface area contributed by atoms with Crippen LogP contribution in [0.5, 0.6) is 11.5 Å². The number of hydrogen-bond acceptors (Lipinski definition) is 9. The predicted octanol–water partition coefficient (Wildman–Crippen LogP) is 3.61. The van der Waals surface area contributed by atoms with Crippen LogP contribution in [0.3, 0.4) is 0 Å². The van der Waals surface area contributed by atoms with Gasteiger partial charge in [0, 0.05) is 54.7 Å². The van der Waals surface area contributed by atoms with Gasteiger partial charge in [-0.3, -0.25) is 9.80 Å². The lowest BCUT2D eigenvalue weighted by atomic mass is 10.2. The highest BCUT2D eigenvalue weighted by atomic mass is 79.9. The van der Waals surface area contributed by atoms with Gasteiger partial charge in [0.1, 0.15) is 6.33 Å². The predicted molar refractivity (Wildman–Crippen MR) is 134 cm³/mol. The van der Waals surface area contributed by atoms with E-state index in [-0.39, 0.29) is 6.79 Å². The lowest BCUT2D eigenvalue weighted by molar-refractivity contribution is 0.0954. The van der Waals surface area contributed by atoms with Crippen molar-refractivity contribution in [3.8, 4) is 11.5 Å². The number of aromatic nitrogens is 4. The molecule has 6 rings (SSSR count). The molecule has 0 bridgehead atoms. The molecule has 0 unspecified atom stereocenters. The minimum atomic E-state index is 0.245. The zero-order valence-electron chi connectivity index (χ0n) is 19.0. The van der Waals surface area contributed by atoms with Crippen molar-refractivity contribution in [2.75, 3.05) is 45.3 Å². The molecule has 180 valence electrons. The number of piperazine rings is 1. The normalized spacial score (nSPS) is 19.4. The lowest BCUT2D eigenvalue weighted by Gasteiger charge is -2.38. The highest BCUT2D eigenvalue weighted by molar-refractivity contribution is 9.10. The summed E-state index contributed by atoms with van der Waals surface area (Å²) in [6.45, 7) is 6.53. The number of hydrogen-bond donors (Lipinski definition) is 1. The van der Waals surface area contributed by atoms with Crippen molar-refractivity contribution in [2.45, 2.75) is 48.3 Å². The first kappa shape index (κ1) is 22.4. The average molecular weight is 546 g/mol. The van der Waals surface area contributed by atoms with E-state index in [0.29, 0.717) is 11.3 Å². The summed E-state index contributed by atoms with van der Waals surface area (Å²) in [6.07, 6.45) is 7.05. The van der Waals surface area contributed by atoms with Crippen molar-refractivity contribution in [2.24, 2.45) is 0 Å². The van der Waals surface area contributed by atoms with Gasteiger partial charge < -0.3 is 19.8 Å². The summed E-state index contributed by atoms with van der Waals surface area (Å²) in [5.41, 5.74) is 7.57. The number of nitrogens with two attached hydrogens (primary N) is 1. The monoisotopic (exact) mass is 545 g/mol. The van der Waals surface area contributed by atoms with Crippen LogP contribution in [0.15, 0.2) is 33.0 Å². The maximum absolute atomic E-state index is 6.15. The van der Waals surface area contributed by atoms with Crippen molar-refractivity contribution in [1.82, 2.24) is 29.3 Å². The fourth-order valence-electron chi connectivity index (χ4n) is 5.15. The van der Waals surface area contributed by atoms with Crippen LogP contribution in [0.4, 0.5) is 5.82 Å². The number of anilines is 1. The molecule has 1 aliphatic carbocycles. The molecule has 2 aromatic heterocycles. The Morgan fingerprint density at radius 2 is 1.79 bits per heavy atom. The zero-order chi connectivity index (χ0) is 23.1. The molecule has 3 aromatic rings. The number of benzene rings is 1. The van der Waals surface area contributed by atoms with Crippen LogP contribution in [-0.4, -0.2) is 74.9 Å². The van der Waals surface area contributed by atoms with Gasteiger partial charge in [0.25, 0.3) is 0 Å². The third-order valence-electron chi connectivity index (χ3n) is 7.04. The largest absolute Gasteiger partial charge is 0.454 e. The van der Waals surface area contributed by atoms with Gasteiger partial charge in [-0.2, -0.15) is 0 Å². The first-order chi connectivity index (χ1) is 16.7. The minimum absolute atomic E-state index is 0.245. The Balaban J connectivity index is 1.21. The maximum Gasteiger partial charge on any atom is 0.231 e. The van der Waals surface area contributed by atoms with Gasteiger partial charge in [0.05, 0.1) is 0 Å². The number of fused-ring (bicyclic) bond motifs is 2. The summed E-state index contributed by atoms with van der Waals surface area (Å²) in [7, 11) is 0. The van der Waals surface area contributed by atoms with Gasteiger partial charge in [-0.15, -0.1) is 0 Å². The van der Waals surface area contributed by atoms with E-state index in [1.165, 1.54) is 32.0 Å². The van der Waals surface area contributed by atoms with E-state index in [1.54, 1.807) is 11.8 Å². The molecule has 34 heavy (non-hydrogen) atoms. The van der Waals surface area contributed by atoms with Crippen molar-refractivity contribution < 1.29 is 9.47 Å². The Morgan fingerprint density at radius 3 is 2.59 bits per heavy atom. The second-order valence-electron chi connectivity index (χ2n) is 9.03. The summed E-state index contributed by atoms with van der Waals surface area (Å²) >= 11 is 5.23. The second-order valence-corrected chi connectivity index (χ2v) is 10.9. The molecule has 2 fully saturated rings. The van der Waals surface area contributed by atoms with E-state index >= 15 is 0 Å². The number of halogens is 1. The van der Waals surface area contributed by atoms with Gasteiger partial charge >= 0.3 is 0 Å². The number of ether oxygens (including phenoxy) is 2. The number of imidazole rings is 1. The van der Waals surface area contributed by atoms with Gasteiger partial charge in [-0.1, -0.05) is 24.6 Å². The Kier molecular flexibility index (Phi) is 6.27. The van der Waals surface area contributed by atoms with Crippen molar-refractivity contribution >= 4 is 44.7 Å². The molecular weight excluding hydrogens is 518 g/mol. The summed E-state index contributed by atoms with van der Waals surface area (Å²) in [5.74, 6) is 1.89. The summed E-state index contributed by atoms with van der Waals surface area (Å²) in [4.78, 5) is 19.7. The number of nitrogens with zero attached hydrogens (tertiary/aromatic N) is 6. The van der Waals surface area contributed by atoms with Crippen LogP contribution in [-0.2, 0) is 6.54 Å². The van der Waals surface area contributed by atoms with Gasteiger partial charge in [0.2, 0.25) is 6.79 Å². The Hall–Kier alpha value is -2.08. The van der Waals surface area contributed by atoms with E-state index in [4.69, 9.17) is 20.2 Å². The molecule has 1 saturated carbocycles. The van der Waals surface area contributed by atoms with E-state index in [2.05, 4.69) is 40.3 Å². The quantitative estimate of drug-likeness (QED) is 0.498. The molecule has 0 radical (unpaired) electrons. The Labute approximate surface area is 211 Å².